The number of thiophene rings is 1. The van der Waals surface area contributed by atoms with E-state index in [1.54, 1.807) is 11.3 Å². The smallest absolute Gasteiger partial charge is 0.183 e. The highest BCUT2D eigenvalue weighted by Crippen LogP contribution is 2.27. The van der Waals surface area contributed by atoms with Crippen molar-refractivity contribution in [1.82, 2.24) is 5.32 Å². The maximum absolute atomic E-state index is 12.9. The van der Waals surface area contributed by atoms with Crippen molar-refractivity contribution in [1.29, 1.82) is 0 Å². The Hall–Kier alpha value is -0.930. The highest BCUT2D eigenvalue weighted by atomic mass is 35.5. The third-order valence-electron chi connectivity index (χ3n) is 4.20. The van der Waals surface area contributed by atoms with Crippen LogP contribution in [0.5, 0.6) is 0 Å². The van der Waals surface area contributed by atoms with Gasteiger partial charge in [-0.05, 0) is 42.1 Å². The maximum Gasteiger partial charge on any atom is 0.183 e. The van der Waals surface area contributed by atoms with E-state index in [4.69, 9.17) is 11.6 Å². The Kier molecular flexibility index (Phi) is 5.55. The van der Waals surface area contributed by atoms with Crippen molar-refractivity contribution in [3.63, 3.8) is 0 Å². The lowest BCUT2D eigenvalue weighted by Crippen LogP contribution is -2.44. The third kappa shape index (κ3) is 4.43. The van der Waals surface area contributed by atoms with Crippen LogP contribution in [0.4, 0.5) is 0 Å². The fourth-order valence-electron chi connectivity index (χ4n) is 2.95. The summed E-state index contributed by atoms with van der Waals surface area (Å²) < 4.78 is 49.9. The Balaban J connectivity index is 1.77. The summed E-state index contributed by atoms with van der Waals surface area (Å²) in [4.78, 5) is 1.27. The highest BCUT2D eigenvalue weighted by molar-refractivity contribution is 7.96. The summed E-state index contributed by atoms with van der Waals surface area (Å²) in [5.74, 6) is -0.510. The molecule has 9 heteroatoms. The van der Waals surface area contributed by atoms with E-state index >= 15 is 0 Å². The molecular formula is C16H18ClNO4S3. The van der Waals surface area contributed by atoms with E-state index in [2.05, 4.69) is 5.32 Å². The second-order valence-corrected chi connectivity index (χ2v) is 11.8. The van der Waals surface area contributed by atoms with Gasteiger partial charge in [0.15, 0.2) is 19.7 Å². The number of halogens is 1. The predicted molar refractivity (Wildman–Crippen MR) is 101 cm³/mol. The van der Waals surface area contributed by atoms with Crippen molar-refractivity contribution in [3.05, 3.63) is 51.7 Å². The van der Waals surface area contributed by atoms with Crippen molar-refractivity contribution in [3.8, 4) is 0 Å². The first kappa shape index (κ1) is 18.8. The third-order valence-corrected chi connectivity index (χ3v) is 9.55. The fraction of sp³-hybridized carbons (Fsp3) is 0.375. The second-order valence-electron chi connectivity index (χ2n) is 6.00. The molecular weight excluding hydrogens is 402 g/mol. The molecule has 0 bridgehead atoms. The molecule has 3 rings (SSSR count). The zero-order valence-corrected chi connectivity index (χ0v) is 16.5. The van der Waals surface area contributed by atoms with Gasteiger partial charge < -0.3 is 5.32 Å². The van der Waals surface area contributed by atoms with Crippen molar-refractivity contribution < 1.29 is 16.8 Å². The van der Waals surface area contributed by atoms with E-state index in [0.29, 0.717) is 11.6 Å². The predicted octanol–water partition coefficient (Wildman–Crippen LogP) is 2.17. The van der Waals surface area contributed by atoms with Gasteiger partial charge in [-0.3, -0.25) is 0 Å². The molecule has 1 N–H and O–H groups in total. The maximum atomic E-state index is 12.9. The lowest BCUT2D eigenvalue weighted by molar-refractivity contribution is 0.529. The number of hydrogen-bond acceptors (Lipinski definition) is 6. The first-order valence-electron chi connectivity index (χ1n) is 7.73. The van der Waals surface area contributed by atoms with Gasteiger partial charge >= 0.3 is 0 Å². The van der Waals surface area contributed by atoms with Gasteiger partial charge in [0.2, 0.25) is 0 Å². The molecule has 0 unspecified atom stereocenters. The largest absolute Gasteiger partial charge is 0.311 e. The molecule has 25 heavy (non-hydrogen) atoms. The minimum Gasteiger partial charge on any atom is -0.311 e. The minimum absolute atomic E-state index is 0.101. The van der Waals surface area contributed by atoms with Crippen LogP contribution in [-0.2, 0) is 26.1 Å². The Morgan fingerprint density at radius 3 is 2.52 bits per heavy atom. The summed E-state index contributed by atoms with van der Waals surface area (Å²) in [7, 11) is -7.15. The molecule has 136 valence electrons. The van der Waals surface area contributed by atoms with Crippen LogP contribution >= 0.6 is 22.9 Å². The van der Waals surface area contributed by atoms with Gasteiger partial charge in [-0.25, -0.2) is 16.8 Å². The molecule has 5 nitrogen and oxygen atoms in total. The Labute approximate surface area is 156 Å². The second kappa shape index (κ2) is 7.36. The van der Waals surface area contributed by atoms with Crippen LogP contribution in [0.25, 0.3) is 0 Å². The van der Waals surface area contributed by atoms with Gasteiger partial charge in [-0.1, -0.05) is 17.7 Å². The molecule has 0 saturated carbocycles. The zero-order chi connectivity index (χ0) is 18.1. The van der Waals surface area contributed by atoms with Crippen molar-refractivity contribution in [2.45, 2.75) is 22.6 Å². The Morgan fingerprint density at radius 2 is 1.88 bits per heavy atom. The zero-order valence-electron chi connectivity index (χ0n) is 13.3. The Bertz CT molecular complexity index is 922. The van der Waals surface area contributed by atoms with Crippen LogP contribution in [0.2, 0.25) is 5.02 Å². The summed E-state index contributed by atoms with van der Waals surface area (Å²) in [6, 6.07) is 9.18. The van der Waals surface area contributed by atoms with Crippen LogP contribution in [0.15, 0.2) is 46.7 Å². The Morgan fingerprint density at radius 1 is 1.16 bits per heavy atom. The molecule has 1 aromatic heterocycles. The molecule has 0 spiro atoms. The molecule has 1 aromatic carbocycles. The molecule has 0 radical (unpaired) electrons. The lowest BCUT2D eigenvalue weighted by atomic mass is 10.2. The standard InChI is InChI=1S/C16H18ClNO4S3/c17-12-3-5-14(6-4-12)25(21,22)16-11-24(19,20)10-15(16)18-8-7-13-2-1-9-23-13/h1-6,9,15-16,18H,7-8,10-11H2/t15-,16-/m0/s1. The van der Waals surface area contributed by atoms with E-state index in [0.717, 1.165) is 6.42 Å². The SMILES string of the molecule is O=S1(=O)C[C@H](NCCc2cccs2)[C@@H](S(=O)(=O)c2ccc(Cl)cc2)C1. The van der Waals surface area contributed by atoms with Crippen molar-refractivity contribution in [2.75, 3.05) is 18.1 Å². The fourth-order valence-corrected chi connectivity index (χ4v) is 8.50. The van der Waals surface area contributed by atoms with Crippen LogP contribution in [0, 0.1) is 0 Å². The minimum atomic E-state index is -3.76. The van der Waals surface area contributed by atoms with Gasteiger partial charge in [0.05, 0.1) is 21.7 Å². The van der Waals surface area contributed by atoms with Crippen LogP contribution in [-0.4, -0.2) is 46.2 Å². The quantitative estimate of drug-likeness (QED) is 0.776. The first-order valence-corrected chi connectivity index (χ1v) is 12.4. The van der Waals surface area contributed by atoms with E-state index in [1.165, 1.54) is 29.1 Å². The molecule has 2 atom stereocenters. The molecule has 1 aliphatic rings. The molecule has 1 aliphatic heterocycles. The summed E-state index contributed by atoms with van der Waals surface area (Å²) >= 11 is 7.43. The van der Waals surface area contributed by atoms with Crippen molar-refractivity contribution >= 4 is 42.6 Å². The van der Waals surface area contributed by atoms with Crippen molar-refractivity contribution in [2.24, 2.45) is 0 Å². The normalized spacial score (nSPS) is 22.9. The monoisotopic (exact) mass is 419 g/mol. The highest BCUT2D eigenvalue weighted by Gasteiger charge is 2.45. The average Bonchev–Trinajstić information content (AvgIpc) is 3.15. The van der Waals surface area contributed by atoms with Gasteiger partial charge in [0, 0.05) is 22.5 Å². The molecule has 1 fully saturated rings. The molecule has 2 aromatic rings. The summed E-state index contributed by atoms with van der Waals surface area (Å²) in [5, 5.41) is 4.56. The van der Waals surface area contributed by atoms with E-state index in [9.17, 15) is 16.8 Å². The van der Waals surface area contributed by atoms with E-state index < -0.39 is 31.0 Å². The van der Waals surface area contributed by atoms with Gasteiger partial charge in [-0.15, -0.1) is 11.3 Å². The molecule has 2 heterocycles. The van der Waals surface area contributed by atoms with Gasteiger partial charge in [-0.2, -0.15) is 0 Å². The summed E-state index contributed by atoms with van der Waals surface area (Å²) in [6.07, 6.45) is 0.738. The summed E-state index contributed by atoms with van der Waals surface area (Å²) in [5.41, 5.74) is 0. The number of sulfone groups is 2. The molecule has 1 saturated heterocycles. The van der Waals surface area contributed by atoms with E-state index in [-0.39, 0.29) is 16.4 Å². The van der Waals surface area contributed by atoms with Crippen LogP contribution in [0.3, 0.4) is 0 Å². The van der Waals surface area contributed by atoms with E-state index in [1.807, 2.05) is 17.5 Å². The molecule has 0 aliphatic carbocycles. The number of nitrogens with one attached hydrogen (secondary N) is 1. The lowest BCUT2D eigenvalue weighted by Gasteiger charge is -2.20. The number of rotatable bonds is 6. The van der Waals surface area contributed by atoms with Crippen LogP contribution in [0.1, 0.15) is 4.88 Å². The number of benzene rings is 1. The first-order chi connectivity index (χ1) is 11.8. The topological polar surface area (TPSA) is 80.3 Å². The van der Waals surface area contributed by atoms with Crippen LogP contribution < -0.4 is 5.32 Å². The van der Waals surface area contributed by atoms with Gasteiger partial charge in [0.1, 0.15) is 0 Å². The van der Waals surface area contributed by atoms with Gasteiger partial charge in [0.25, 0.3) is 0 Å². The average molecular weight is 420 g/mol. The number of hydrogen-bond donors (Lipinski definition) is 1. The molecule has 0 amide bonds. The summed E-state index contributed by atoms with van der Waals surface area (Å²) in [6.45, 7) is 0.535.